The van der Waals surface area contributed by atoms with Crippen molar-refractivity contribution in [3.05, 3.63) is 59.2 Å². The molecule has 0 bridgehead atoms. The Morgan fingerprint density at radius 3 is 2.52 bits per heavy atom. The minimum atomic E-state index is -0.109. The van der Waals surface area contributed by atoms with Crippen LogP contribution in [0.25, 0.3) is 0 Å². The van der Waals surface area contributed by atoms with Gasteiger partial charge in [0.15, 0.2) is 5.96 Å². The number of guanidine groups is 1. The van der Waals surface area contributed by atoms with Gasteiger partial charge in [0.05, 0.1) is 20.3 Å². The average Bonchev–Trinajstić information content (AvgIpc) is 3.62. The molecule has 1 amide bonds. The van der Waals surface area contributed by atoms with E-state index in [4.69, 9.17) is 9.47 Å². The number of benzene rings is 2. The molecule has 7 heteroatoms. The molecule has 0 spiro atoms. The van der Waals surface area contributed by atoms with E-state index in [0.29, 0.717) is 25.0 Å². The van der Waals surface area contributed by atoms with Crippen LogP contribution in [0, 0.1) is 12.8 Å². The Hall–Kier alpha value is -3.22. The zero-order valence-electron chi connectivity index (χ0n) is 18.5. The number of nitrogens with zero attached hydrogens (tertiary/aromatic N) is 1. The van der Waals surface area contributed by atoms with Crippen molar-refractivity contribution in [3.63, 3.8) is 0 Å². The van der Waals surface area contributed by atoms with Crippen LogP contribution in [0.2, 0.25) is 0 Å². The predicted molar refractivity (Wildman–Crippen MR) is 122 cm³/mol. The van der Waals surface area contributed by atoms with E-state index < -0.39 is 0 Å². The second-order valence-corrected chi connectivity index (χ2v) is 7.77. The van der Waals surface area contributed by atoms with Gasteiger partial charge >= 0.3 is 0 Å². The van der Waals surface area contributed by atoms with E-state index in [1.807, 2.05) is 24.3 Å². The fraction of sp³-hybridized carbons (Fsp3) is 0.417. The summed E-state index contributed by atoms with van der Waals surface area (Å²) in [6.45, 7) is 3.99. The summed E-state index contributed by atoms with van der Waals surface area (Å²) >= 11 is 0. The molecule has 166 valence electrons. The molecular formula is C24H32N4O3. The zero-order valence-corrected chi connectivity index (χ0v) is 18.5. The standard InChI is InChI=1S/C24H32N4O3/c1-17-4-9-20(22(12-17)31-16-19-5-6-19)14-27-24(25-2)28-15-23(29)26-13-18-7-10-21(30-3)11-8-18/h4,7-12,19H,5-6,13-16H2,1-3H3,(H,26,29)(H2,25,27,28). The lowest BCUT2D eigenvalue weighted by Crippen LogP contribution is -2.42. The van der Waals surface area contributed by atoms with Gasteiger partial charge in [-0.2, -0.15) is 0 Å². The molecule has 0 saturated heterocycles. The van der Waals surface area contributed by atoms with Crippen molar-refractivity contribution in [2.75, 3.05) is 27.3 Å². The Kier molecular flexibility index (Phi) is 8.15. The number of methoxy groups -OCH3 is 1. The summed E-state index contributed by atoms with van der Waals surface area (Å²) < 4.78 is 11.2. The van der Waals surface area contributed by atoms with Crippen LogP contribution in [0.5, 0.6) is 11.5 Å². The predicted octanol–water partition coefficient (Wildman–Crippen LogP) is 2.77. The summed E-state index contributed by atoms with van der Waals surface area (Å²) in [5.74, 6) is 2.86. The Morgan fingerprint density at radius 1 is 1.06 bits per heavy atom. The maximum atomic E-state index is 12.2. The number of hydrogen-bond acceptors (Lipinski definition) is 4. The van der Waals surface area contributed by atoms with E-state index in [1.165, 1.54) is 18.4 Å². The number of nitrogens with one attached hydrogen (secondary N) is 3. The molecule has 2 aromatic carbocycles. The van der Waals surface area contributed by atoms with Crippen molar-refractivity contribution < 1.29 is 14.3 Å². The van der Waals surface area contributed by atoms with E-state index in [1.54, 1.807) is 14.2 Å². The highest BCUT2D eigenvalue weighted by Crippen LogP contribution is 2.30. The zero-order chi connectivity index (χ0) is 22.1. The molecule has 0 aliphatic heterocycles. The maximum absolute atomic E-state index is 12.2. The first-order valence-electron chi connectivity index (χ1n) is 10.6. The van der Waals surface area contributed by atoms with Crippen molar-refractivity contribution in [2.45, 2.75) is 32.9 Å². The Balaban J connectivity index is 1.43. The summed E-state index contributed by atoms with van der Waals surface area (Å²) in [4.78, 5) is 16.4. The fourth-order valence-electron chi connectivity index (χ4n) is 3.00. The molecule has 1 aliphatic rings. The van der Waals surface area contributed by atoms with Gasteiger partial charge in [-0.1, -0.05) is 24.3 Å². The molecule has 1 aliphatic carbocycles. The second-order valence-electron chi connectivity index (χ2n) is 7.77. The second kappa shape index (κ2) is 11.2. The number of amides is 1. The lowest BCUT2D eigenvalue weighted by Gasteiger charge is -2.15. The van der Waals surface area contributed by atoms with Crippen LogP contribution in [-0.4, -0.2) is 39.2 Å². The lowest BCUT2D eigenvalue weighted by atomic mass is 10.1. The Bertz CT molecular complexity index is 892. The summed E-state index contributed by atoms with van der Waals surface area (Å²) in [5, 5.41) is 9.20. The first-order valence-corrected chi connectivity index (χ1v) is 10.6. The van der Waals surface area contributed by atoms with Gasteiger partial charge in [0, 0.05) is 25.7 Å². The van der Waals surface area contributed by atoms with Crippen LogP contribution in [0.4, 0.5) is 0 Å². The first-order chi connectivity index (χ1) is 15.1. The molecule has 7 nitrogen and oxygen atoms in total. The van der Waals surface area contributed by atoms with Gasteiger partial charge < -0.3 is 25.4 Å². The third-order valence-electron chi connectivity index (χ3n) is 5.13. The molecule has 3 rings (SSSR count). The summed E-state index contributed by atoms with van der Waals surface area (Å²) in [6.07, 6.45) is 2.52. The topological polar surface area (TPSA) is 84.0 Å². The molecular weight excluding hydrogens is 392 g/mol. The highest BCUT2D eigenvalue weighted by molar-refractivity contribution is 5.86. The first kappa shape index (κ1) is 22.5. The average molecular weight is 425 g/mol. The van der Waals surface area contributed by atoms with Gasteiger partial charge in [0.25, 0.3) is 0 Å². The van der Waals surface area contributed by atoms with Gasteiger partial charge in [-0.3, -0.25) is 9.79 Å². The number of aliphatic imine (C=N–C) groups is 1. The van der Waals surface area contributed by atoms with Crippen molar-refractivity contribution in [1.82, 2.24) is 16.0 Å². The number of carbonyl (C=O) groups excluding carboxylic acids is 1. The van der Waals surface area contributed by atoms with Crippen LogP contribution < -0.4 is 25.4 Å². The smallest absolute Gasteiger partial charge is 0.239 e. The fourth-order valence-corrected chi connectivity index (χ4v) is 3.00. The number of rotatable bonds is 10. The summed E-state index contributed by atoms with van der Waals surface area (Å²) in [6, 6.07) is 13.8. The number of ether oxygens (including phenoxy) is 2. The molecule has 0 unspecified atom stereocenters. The van der Waals surface area contributed by atoms with E-state index in [9.17, 15) is 4.79 Å². The molecule has 0 aromatic heterocycles. The summed E-state index contributed by atoms with van der Waals surface area (Å²) in [7, 11) is 3.31. The maximum Gasteiger partial charge on any atom is 0.239 e. The molecule has 2 aromatic rings. The molecule has 1 saturated carbocycles. The number of hydrogen-bond donors (Lipinski definition) is 3. The minimum absolute atomic E-state index is 0.109. The highest BCUT2D eigenvalue weighted by atomic mass is 16.5. The van der Waals surface area contributed by atoms with Gasteiger partial charge in [0.2, 0.25) is 5.91 Å². The Labute approximate surface area is 184 Å². The van der Waals surface area contributed by atoms with E-state index in [0.717, 1.165) is 29.2 Å². The van der Waals surface area contributed by atoms with Crippen LogP contribution in [0.1, 0.15) is 29.5 Å². The minimum Gasteiger partial charge on any atom is -0.497 e. The lowest BCUT2D eigenvalue weighted by molar-refractivity contribution is -0.120. The SMILES string of the molecule is CN=C(NCC(=O)NCc1ccc(OC)cc1)NCc1ccc(C)cc1OCC1CC1. The highest BCUT2D eigenvalue weighted by Gasteiger charge is 2.22. The summed E-state index contributed by atoms with van der Waals surface area (Å²) in [5.41, 5.74) is 3.25. The van der Waals surface area contributed by atoms with Gasteiger partial charge in [-0.25, -0.2) is 0 Å². The normalized spacial score (nSPS) is 13.5. The molecule has 1 fully saturated rings. The molecule has 0 heterocycles. The van der Waals surface area contributed by atoms with Crippen LogP contribution >= 0.6 is 0 Å². The van der Waals surface area contributed by atoms with Gasteiger partial charge in [0.1, 0.15) is 11.5 Å². The number of aryl methyl sites for hydroxylation is 1. The van der Waals surface area contributed by atoms with E-state index in [-0.39, 0.29) is 12.5 Å². The van der Waals surface area contributed by atoms with Crippen molar-refractivity contribution in [2.24, 2.45) is 10.9 Å². The largest absolute Gasteiger partial charge is 0.497 e. The van der Waals surface area contributed by atoms with Crippen molar-refractivity contribution in [1.29, 1.82) is 0 Å². The van der Waals surface area contributed by atoms with Crippen molar-refractivity contribution in [3.8, 4) is 11.5 Å². The molecule has 0 radical (unpaired) electrons. The van der Waals surface area contributed by atoms with E-state index in [2.05, 4.69) is 46.1 Å². The third-order valence-corrected chi connectivity index (χ3v) is 5.13. The third kappa shape index (κ3) is 7.51. The monoisotopic (exact) mass is 424 g/mol. The van der Waals surface area contributed by atoms with Crippen LogP contribution in [0.3, 0.4) is 0 Å². The molecule has 31 heavy (non-hydrogen) atoms. The van der Waals surface area contributed by atoms with Gasteiger partial charge in [-0.15, -0.1) is 0 Å². The van der Waals surface area contributed by atoms with E-state index >= 15 is 0 Å². The van der Waals surface area contributed by atoms with Crippen molar-refractivity contribution >= 4 is 11.9 Å². The number of carbonyl (C=O) groups is 1. The molecule has 0 atom stereocenters. The quantitative estimate of drug-likeness (QED) is 0.404. The Morgan fingerprint density at radius 2 is 1.84 bits per heavy atom. The van der Waals surface area contributed by atoms with Gasteiger partial charge in [-0.05, 0) is 55.0 Å². The van der Waals surface area contributed by atoms with Crippen LogP contribution in [-0.2, 0) is 17.9 Å². The molecule has 3 N–H and O–H groups in total. The van der Waals surface area contributed by atoms with Crippen LogP contribution in [0.15, 0.2) is 47.5 Å².